The van der Waals surface area contributed by atoms with Crippen LogP contribution in [0.2, 0.25) is 0 Å². The van der Waals surface area contributed by atoms with Crippen LogP contribution in [-0.2, 0) is 0 Å². The van der Waals surface area contributed by atoms with Crippen molar-refractivity contribution in [2.24, 2.45) is 17.8 Å². The highest BCUT2D eigenvalue weighted by molar-refractivity contribution is 4.89. The molecule has 2 heteroatoms. The molecule has 1 fully saturated rings. The third-order valence-corrected chi connectivity index (χ3v) is 4.59. The second kappa shape index (κ2) is 8.26. The lowest BCUT2D eigenvalue weighted by atomic mass is 9.92. The fourth-order valence-electron chi connectivity index (χ4n) is 3.14. The van der Waals surface area contributed by atoms with Gasteiger partial charge in [0.05, 0.1) is 0 Å². The molecule has 0 aromatic rings. The van der Waals surface area contributed by atoms with Crippen LogP contribution in [0.3, 0.4) is 0 Å². The van der Waals surface area contributed by atoms with Gasteiger partial charge < -0.3 is 5.32 Å². The van der Waals surface area contributed by atoms with E-state index in [-0.39, 0.29) is 0 Å². The number of nitrogens with zero attached hydrogens (tertiary/aromatic N) is 1. The topological polar surface area (TPSA) is 15.3 Å². The summed E-state index contributed by atoms with van der Waals surface area (Å²) in [5, 5.41) is 3.79. The monoisotopic (exact) mass is 268 g/mol. The molecule has 0 aromatic carbocycles. The summed E-state index contributed by atoms with van der Waals surface area (Å²) >= 11 is 0. The van der Waals surface area contributed by atoms with E-state index in [1.165, 1.54) is 38.9 Å². The summed E-state index contributed by atoms with van der Waals surface area (Å²) in [7, 11) is 0. The van der Waals surface area contributed by atoms with Crippen LogP contribution in [-0.4, -0.2) is 36.6 Å². The summed E-state index contributed by atoms with van der Waals surface area (Å²) in [6.07, 6.45) is 3.94. The number of rotatable bonds is 7. The average molecular weight is 268 g/mol. The van der Waals surface area contributed by atoms with Crippen molar-refractivity contribution in [3.8, 4) is 0 Å². The van der Waals surface area contributed by atoms with Crippen molar-refractivity contribution in [3.63, 3.8) is 0 Å². The minimum absolute atomic E-state index is 0.701. The number of hydrogen-bond donors (Lipinski definition) is 1. The molecule has 2 nitrogen and oxygen atoms in total. The summed E-state index contributed by atoms with van der Waals surface area (Å²) in [5.41, 5.74) is 0. The summed E-state index contributed by atoms with van der Waals surface area (Å²) in [4.78, 5) is 2.78. The van der Waals surface area contributed by atoms with Crippen LogP contribution in [0.1, 0.15) is 60.8 Å². The largest absolute Gasteiger partial charge is 0.311 e. The van der Waals surface area contributed by atoms with Crippen LogP contribution in [0.25, 0.3) is 0 Å². The van der Waals surface area contributed by atoms with E-state index in [0.29, 0.717) is 6.04 Å². The van der Waals surface area contributed by atoms with E-state index in [1.54, 1.807) is 0 Å². The van der Waals surface area contributed by atoms with Crippen LogP contribution in [0.4, 0.5) is 0 Å². The first-order chi connectivity index (χ1) is 8.93. The second-order valence-electron chi connectivity index (χ2n) is 7.37. The Kier molecular flexibility index (Phi) is 7.38. The predicted octanol–water partition coefficient (Wildman–Crippen LogP) is 3.77. The van der Waals surface area contributed by atoms with E-state index in [0.717, 1.165) is 23.8 Å². The van der Waals surface area contributed by atoms with Gasteiger partial charge in [-0.15, -0.1) is 0 Å². The molecule has 1 N–H and O–H groups in total. The SMILES string of the molecule is CCC(C)C1CNC(CC(C)C)CN1CCC(C)C. The van der Waals surface area contributed by atoms with E-state index in [1.807, 2.05) is 0 Å². The molecular weight excluding hydrogens is 232 g/mol. The van der Waals surface area contributed by atoms with Crippen molar-refractivity contribution in [1.29, 1.82) is 0 Å². The van der Waals surface area contributed by atoms with E-state index in [4.69, 9.17) is 0 Å². The maximum absolute atomic E-state index is 3.79. The lowest BCUT2D eigenvalue weighted by Gasteiger charge is -2.44. The maximum atomic E-state index is 3.79. The molecule has 1 saturated heterocycles. The first-order valence-electron chi connectivity index (χ1n) is 8.41. The van der Waals surface area contributed by atoms with E-state index >= 15 is 0 Å². The summed E-state index contributed by atoms with van der Waals surface area (Å²) < 4.78 is 0. The highest BCUT2D eigenvalue weighted by Crippen LogP contribution is 2.21. The fourth-order valence-corrected chi connectivity index (χ4v) is 3.14. The van der Waals surface area contributed by atoms with Gasteiger partial charge in [0.2, 0.25) is 0 Å². The Morgan fingerprint density at radius 3 is 2.32 bits per heavy atom. The number of hydrogen-bond acceptors (Lipinski definition) is 2. The van der Waals surface area contributed by atoms with Gasteiger partial charge in [0.25, 0.3) is 0 Å². The molecule has 19 heavy (non-hydrogen) atoms. The summed E-state index contributed by atoms with van der Waals surface area (Å²) in [6, 6.07) is 1.44. The van der Waals surface area contributed by atoms with Gasteiger partial charge in [0.15, 0.2) is 0 Å². The molecule has 0 aromatic heterocycles. The number of piperazine rings is 1. The van der Waals surface area contributed by atoms with Crippen molar-refractivity contribution in [2.45, 2.75) is 72.9 Å². The zero-order valence-corrected chi connectivity index (χ0v) is 14.1. The zero-order valence-electron chi connectivity index (χ0n) is 14.1. The Hall–Kier alpha value is -0.0800. The standard InChI is InChI=1S/C17H36N2/c1-7-15(6)17-11-18-16(10-14(4)5)12-19(17)9-8-13(2)3/h13-18H,7-12H2,1-6H3. The van der Waals surface area contributed by atoms with Crippen molar-refractivity contribution in [3.05, 3.63) is 0 Å². The van der Waals surface area contributed by atoms with Crippen LogP contribution in [0, 0.1) is 17.8 Å². The van der Waals surface area contributed by atoms with Crippen LogP contribution in [0.15, 0.2) is 0 Å². The molecule has 1 aliphatic heterocycles. The van der Waals surface area contributed by atoms with E-state index in [9.17, 15) is 0 Å². The first kappa shape index (κ1) is 17.0. The van der Waals surface area contributed by atoms with Crippen molar-refractivity contribution < 1.29 is 0 Å². The summed E-state index contributed by atoms with van der Waals surface area (Å²) in [6.45, 7) is 17.8. The second-order valence-corrected chi connectivity index (χ2v) is 7.37. The molecule has 0 saturated carbocycles. The molecule has 3 unspecified atom stereocenters. The molecule has 0 spiro atoms. The Morgan fingerprint density at radius 1 is 1.11 bits per heavy atom. The van der Waals surface area contributed by atoms with Crippen LogP contribution in [0.5, 0.6) is 0 Å². The van der Waals surface area contributed by atoms with Crippen molar-refractivity contribution in [2.75, 3.05) is 19.6 Å². The molecule has 0 bridgehead atoms. The van der Waals surface area contributed by atoms with Crippen molar-refractivity contribution in [1.82, 2.24) is 10.2 Å². The number of nitrogens with one attached hydrogen (secondary N) is 1. The van der Waals surface area contributed by atoms with E-state index < -0.39 is 0 Å². The Balaban J connectivity index is 2.57. The summed E-state index contributed by atoms with van der Waals surface area (Å²) in [5.74, 6) is 2.42. The molecule has 114 valence electrons. The smallest absolute Gasteiger partial charge is 0.0246 e. The first-order valence-corrected chi connectivity index (χ1v) is 8.41. The van der Waals surface area contributed by atoms with Crippen molar-refractivity contribution >= 4 is 0 Å². The van der Waals surface area contributed by atoms with Gasteiger partial charge in [-0.1, -0.05) is 48.0 Å². The molecule has 0 aliphatic carbocycles. The Bertz CT molecular complexity index is 237. The van der Waals surface area contributed by atoms with Gasteiger partial charge in [0.1, 0.15) is 0 Å². The molecule has 1 rings (SSSR count). The minimum atomic E-state index is 0.701. The molecular formula is C17H36N2. The molecule has 3 atom stereocenters. The van der Waals surface area contributed by atoms with E-state index in [2.05, 4.69) is 51.8 Å². The molecule has 1 aliphatic rings. The highest BCUT2D eigenvalue weighted by Gasteiger charge is 2.30. The molecule has 0 amide bonds. The molecule has 1 heterocycles. The van der Waals surface area contributed by atoms with Gasteiger partial charge in [0, 0.05) is 25.2 Å². The average Bonchev–Trinajstić information content (AvgIpc) is 2.35. The van der Waals surface area contributed by atoms with Gasteiger partial charge >= 0.3 is 0 Å². The van der Waals surface area contributed by atoms with Gasteiger partial charge in [-0.05, 0) is 37.1 Å². The fraction of sp³-hybridized carbons (Fsp3) is 1.00. The third-order valence-electron chi connectivity index (χ3n) is 4.59. The lowest BCUT2D eigenvalue weighted by molar-refractivity contribution is 0.0812. The maximum Gasteiger partial charge on any atom is 0.0246 e. The van der Waals surface area contributed by atoms with Gasteiger partial charge in [-0.25, -0.2) is 0 Å². The zero-order chi connectivity index (χ0) is 14.4. The van der Waals surface area contributed by atoms with Gasteiger partial charge in [-0.2, -0.15) is 0 Å². The predicted molar refractivity (Wildman–Crippen MR) is 85.5 cm³/mol. The Labute approximate surface area is 121 Å². The third kappa shape index (κ3) is 5.83. The Morgan fingerprint density at radius 2 is 1.79 bits per heavy atom. The normalized spacial score (nSPS) is 27.2. The minimum Gasteiger partial charge on any atom is -0.311 e. The lowest BCUT2D eigenvalue weighted by Crippen LogP contribution is -2.58. The molecule has 0 radical (unpaired) electrons. The quantitative estimate of drug-likeness (QED) is 0.756. The highest BCUT2D eigenvalue weighted by atomic mass is 15.2. The van der Waals surface area contributed by atoms with Crippen LogP contribution >= 0.6 is 0 Å². The van der Waals surface area contributed by atoms with Gasteiger partial charge in [-0.3, -0.25) is 4.90 Å². The van der Waals surface area contributed by atoms with Crippen LogP contribution < -0.4 is 5.32 Å².